The summed E-state index contributed by atoms with van der Waals surface area (Å²) in [7, 11) is 3.52. The summed E-state index contributed by atoms with van der Waals surface area (Å²) in [5, 5.41) is 9.36. The highest BCUT2D eigenvalue weighted by molar-refractivity contribution is 5.45. The molecule has 2 fully saturated rings. The number of hydrogen-bond donors (Lipinski definition) is 1. The van der Waals surface area contributed by atoms with Crippen LogP contribution >= 0.6 is 0 Å². The highest BCUT2D eigenvalue weighted by Gasteiger charge is 2.41. The zero-order valence-electron chi connectivity index (χ0n) is 12.4. The topological polar surface area (TPSA) is 61.7 Å². The Morgan fingerprint density at radius 2 is 2.29 bits per heavy atom. The van der Waals surface area contributed by atoms with Gasteiger partial charge in [-0.05, 0) is 18.8 Å². The second kappa shape index (κ2) is 5.73. The second-order valence-electron chi connectivity index (χ2n) is 5.93. The fourth-order valence-corrected chi connectivity index (χ4v) is 3.25. The van der Waals surface area contributed by atoms with E-state index in [9.17, 15) is 9.50 Å². The van der Waals surface area contributed by atoms with Crippen molar-refractivity contribution in [3.05, 3.63) is 12.0 Å². The first-order valence-corrected chi connectivity index (χ1v) is 7.29. The lowest BCUT2D eigenvalue weighted by Crippen LogP contribution is -2.49. The van der Waals surface area contributed by atoms with Crippen molar-refractivity contribution in [2.75, 3.05) is 43.7 Å². The van der Waals surface area contributed by atoms with Gasteiger partial charge >= 0.3 is 0 Å². The van der Waals surface area contributed by atoms with Crippen molar-refractivity contribution in [1.82, 2.24) is 9.97 Å². The lowest BCUT2D eigenvalue weighted by Gasteiger charge is -2.37. The fraction of sp³-hybridized carbons (Fsp3) is 0.714. The number of hydrogen-bond acceptors (Lipinski definition) is 6. The Balaban J connectivity index is 1.87. The van der Waals surface area contributed by atoms with Crippen molar-refractivity contribution >= 4 is 11.8 Å². The molecule has 0 aromatic carbocycles. The normalized spacial score (nSPS) is 28.6. The summed E-state index contributed by atoms with van der Waals surface area (Å²) in [5.74, 6) is 0.666. The molecule has 1 aromatic rings. The zero-order valence-corrected chi connectivity index (χ0v) is 12.4. The van der Waals surface area contributed by atoms with Crippen molar-refractivity contribution in [3.8, 4) is 0 Å². The molecule has 2 aliphatic rings. The van der Waals surface area contributed by atoms with E-state index in [4.69, 9.17) is 4.74 Å². The maximum atomic E-state index is 13.7. The molecule has 116 valence electrons. The zero-order chi connectivity index (χ0) is 15.0. The van der Waals surface area contributed by atoms with Crippen molar-refractivity contribution in [2.45, 2.75) is 25.0 Å². The first kappa shape index (κ1) is 14.5. The predicted octanol–water partition coefficient (Wildman–Crippen LogP) is 0.658. The van der Waals surface area contributed by atoms with Gasteiger partial charge in [0, 0.05) is 27.2 Å². The van der Waals surface area contributed by atoms with Crippen LogP contribution < -0.4 is 9.80 Å². The number of halogens is 1. The number of fused-ring (bicyclic) bond motifs is 1. The van der Waals surface area contributed by atoms with Gasteiger partial charge in [-0.2, -0.15) is 4.98 Å². The number of morpholine rings is 1. The van der Waals surface area contributed by atoms with Crippen LogP contribution in [-0.4, -0.2) is 61.1 Å². The number of anilines is 2. The van der Waals surface area contributed by atoms with Crippen LogP contribution in [0.5, 0.6) is 0 Å². The lowest BCUT2D eigenvalue weighted by atomic mass is 10.1. The minimum atomic E-state index is -0.423. The highest BCUT2D eigenvalue weighted by Crippen LogP contribution is 2.35. The van der Waals surface area contributed by atoms with Crippen LogP contribution in [0.25, 0.3) is 0 Å². The van der Waals surface area contributed by atoms with Crippen LogP contribution in [0.15, 0.2) is 6.20 Å². The SMILES string of the molecule is CN(C)c1nc(N2CCO[C@H]3C[C@H](CO)C[C@@H]32)ncc1F. The molecule has 0 radical (unpaired) electrons. The van der Waals surface area contributed by atoms with Gasteiger partial charge in [0.25, 0.3) is 0 Å². The average molecular weight is 296 g/mol. The summed E-state index contributed by atoms with van der Waals surface area (Å²) in [6.45, 7) is 1.48. The third-order valence-electron chi connectivity index (χ3n) is 4.29. The smallest absolute Gasteiger partial charge is 0.227 e. The predicted molar refractivity (Wildman–Crippen MR) is 77.0 cm³/mol. The Hall–Kier alpha value is -1.47. The number of nitrogens with zero attached hydrogens (tertiary/aromatic N) is 4. The molecule has 1 saturated heterocycles. The van der Waals surface area contributed by atoms with Crippen LogP contribution in [0.1, 0.15) is 12.8 Å². The van der Waals surface area contributed by atoms with E-state index >= 15 is 0 Å². The van der Waals surface area contributed by atoms with Gasteiger partial charge in [0.05, 0.1) is 24.9 Å². The molecule has 0 bridgehead atoms. The van der Waals surface area contributed by atoms with Crippen molar-refractivity contribution < 1.29 is 14.2 Å². The maximum Gasteiger partial charge on any atom is 0.227 e. The molecule has 1 N–H and O–H groups in total. The van der Waals surface area contributed by atoms with Crippen LogP contribution in [0.4, 0.5) is 16.2 Å². The van der Waals surface area contributed by atoms with Gasteiger partial charge in [-0.1, -0.05) is 0 Å². The fourth-order valence-electron chi connectivity index (χ4n) is 3.25. The monoisotopic (exact) mass is 296 g/mol. The number of aromatic nitrogens is 2. The van der Waals surface area contributed by atoms with Gasteiger partial charge in [-0.3, -0.25) is 0 Å². The maximum absolute atomic E-state index is 13.7. The molecule has 0 amide bonds. The van der Waals surface area contributed by atoms with Gasteiger partial charge in [-0.25, -0.2) is 9.37 Å². The van der Waals surface area contributed by atoms with Crippen LogP contribution in [0.3, 0.4) is 0 Å². The Morgan fingerprint density at radius 3 is 3.00 bits per heavy atom. The quantitative estimate of drug-likeness (QED) is 0.884. The summed E-state index contributed by atoms with van der Waals surface area (Å²) in [6, 6.07) is 0.163. The van der Waals surface area contributed by atoms with Crippen molar-refractivity contribution in [2.24, 2.45) is 5.92 Å². The second-order valence-corrected chi connectivity index (χ2v) is 5.93. The molecular formula is C14H21FN4O2. The van der Waals surface area contributed by atoms with Crippen LogP contribution in [-0.2, 0) is 4.74 Å². The molecule has 1 aliphatic heterocycles. The third kappa shape index (κ3) is 2.67. The molecule has 0 unspecified atom stereocenters. The average Bonchev–Trinajstić information content (AvgIpc) is 2.90. The molecule has 3 rings (SSSR count). The summed E-state index contributed by atoms with van der Waals surface area (Å²) in [5.41, 5.74) is 0. The van der Waals surface area contributed by atoms with Gasteiger partial charge in [0.15, 0.2) is 11.6 Å². The van der Waals surface area contributed by atoms with Gasteiger partial charge in [0.1, 0.15) is 0 Å². The summed E-state index contributed by atoms with van der Waals surface area (Å²) < 4.78 is 19.5. The van der Waals surface area contributed by atoms with E-state index in [2.05, 4.69) is 14.9 Å². The molecule has 1 aromatic heterocycles. The largest absolute Gasteiger partial charge is 0.396 e. The molecule has 21 heavy (non-hydrogen) atoms. The van der Waals surface area contributed by atoms with Crippen LogP contribution in [0.2, 0.25) is 0 Å². The Kier molecular flexibility index (Phi) is 3.95. The van der Waals surface area contributed by atoms with E-state index in [1.54, 1.807) is 19.0 Å². The summed E-state index contributed by atoms with van der Waals surface area (Å²) in [6.07, 6.45) is 3.05. The number of ether oxygens (including phenoxy) is 1. The lowest BCUT2D eigenvalue weighted by molar-refractivity contribution is 0.0224. The Bertz CT molecular complexity index is 514. The Morgan fingerprint density at radius 1 is 1.48 bits per heavy atom. The number of rotatable bonds is 3. The van der Waals surface area contributed by atoms with E-state index in [-0.39, 0.29) is 24.7 Å². The molecule has 3 atom stereocenters. The summed E-state index contributed by atoms with van der Waals surface area (Å²) >= 11 is 0. The van der Waals surface area contributed by atoms with E-state index in [1.165, 1.54) is 6.20 Å². The van der Waals surface area contributed by atoms with E-state index in [0.717, 1.165) is 12.8 Å². The minimum absolute atomic E-state index is 0.104. The van der Waals surface area contributed by atoms with Gasteiger partial charge < -0.3 is 19.6 Å². The first-order valence-electron chi connectivity index (χ1n) is 7.29. The molecule has 2 heterocycles. The minimum Gasteiger partial charge on any atom is -0.396 e. The van der Waals surface area contributed by atoms with E-state index in [1.807, 2.05) is 0 Å². The molecule has 6 nitrogen and oxygen atoms in total. The van der Waals surface area contributed by atoms with Crippen molar-refractivity contribution in [1.29, 1.82) is 0 Å². The summed E-state index contributed by atoms with van der Waals surface area (Å²) in [4.78, 5) is 12.2. The van der Waals surface area contributed by atoms with Crippen LogP contribution in [0, 0.1) is 11.7 Å². The molecular weight excluding hydrogens is 275 g/mol. The first-order chi connectivity index (χ1) is 10.1. The molecule has 1 saturated carbocycles. The Labute approximate surface area is 123 Å². The van der Waals surface area contributed by atoms with E-state index in [0.29, 0.717) is 24.9 Å². The van der Waals surface area contributed by atoms with Crippen molar-refractivity contribution in [3.63, 3.8) is 0 Å². The molecule has 0 spiro atoms. The highest BCUT2D eigenvalue weighted by atomic mass is 19.1. The number of aliphatic hydroxyl groups is 1. The van der Waals surface area contributed by atoms with Gasteiger partial charge in [0.2, 0.25) is 5.95 Å². The molecule has 1 aliphatic carbocycles. The number of aliphatic hydroxyl groups excluding tert-OH is 1. The standard InChI is InChI=1S/C14H21FN4O2/c1-18(2)13-10(15)7-16-14(17-13)19-3-4-21-12-6-9(8-20)5-11(12)19/h7,9,11-12,20H,3-6,8H2,1-2H3/t9-,11+,12+/m1/s1. The van der Waals surface area contributed by atoms with Gasteiger partial charge in [-0.15, -0.1) is 0 Å². The molecule has 7 heteroatoms. The third-order valence-corrected chi connectivity index (χ3v) is 4.29. The van der Waals surface area contributed by atoms with E-state index < -0.39 is 5.82 Å².